The van der Waals surface area contributed by atoms with Crippen molar-refractivity contribution in [3.8, 4) is 5.75 Å². The fourth-order valence-corrected chi connectivity index (χ4v) is 2.39. The van der Waals surface area contributed by atoms with Crippen LogP contribution in [0, 0.1) is 10.1 Å². The fourth-order valence-electron chi connectivity index (χ4n) is 2.39. The van der Waals surface area contributed by atoms with Crippen LogP contribution in [0.4, 0.5) is 5.69 Å². The van der Waals surface area contributed by atoms with Crippen molar-refractivity contribution in [2.75, 3.05) is 13.6 Å². The number of hydrogen-bond donors (Lipinski definition) is 0. The van der Waals surface area contributed by atoms with Crippen LogP contribution in [-0.2, 0) is 6.54 Å². The maximum atomic E-state index is 10.8. The largest absolute Gasteiger partial charge is 0.484 e. The highest BCUT2D eigenvalue weighted by molar-refractivity contribution is 5.38. The summed E-state index contributed by atoms with van der Waals surface area (Å²) < 4.78 is 11.3. The number of nitro groups is 1. The summed E-state index contributed by atoms with van der Waals surface area (Å²) in [5.41, 5.74) is 1.04. The SMILES string of the molecule is CN1Cc2occc2C(Oc2cccc([N+](=O)[O-])c2)C1. The summed E-state index contributed by atoms with van der Waals surface area (Å²) in [6, 6.07) is 8.12. The molecule has 0 spiro atoms. The van der Waals surface area contributed by atoms with Crippen LogP contribution in [0.5, 0.6) is 5.75 Å². The molecule has 1 aromatic heterocycles. The number of ether oxygens (including phenoxy) is 1. The predicted octanol–water partition coefficient (Wildman–Crippen LogP) is 2.75. The lowest BCUT2D eigenvalue weighted by atomic mass is 10.1. The maximum Gasteiger partial charge on any atom is 0.273 e. The highest BCUT2D eigenvalue weighted by Gasteiger charge is 2.27. The van der Waals surface area contributed by atoms with Gasteiger partial charge in [0.05, 0.1) is 23.8 Å². The molecule has 0 N–H and O–H groups in total. The number of fused-ring (bicyclic) bond motifs is 1. The van der Waals surface area contributed by atoms with E-state index in [1.807, 2.05) is 13.1 Å². The number of hydrogen-bond acceptors (Lipinski definition) is 5. The Kier molecular flexibility index (Phi) is 3.15. The van der Waals surface area contributed by atoms with E-state index >= 15 is 0 Å². The predicted molar refractivity (Wildman–Crippen MR) is 71.5 cm³/mol. The number of nitro benzene ring substituents is 1. The third-order valence-corrected chi connectivity index (χ3v) is 3.32. The van der Waals surface area contributed by atoms with Gasteiger partial charge in [-0.2, -0.15) is 0 Å². The molecule has 6 nitrogen and oxygen atoms in total. The summed E-state index contributed by atoms with van der Waals surface area (Å²) in [5.74, 6) is 1.38. The van der Waals surface area contributed by atoms with Crippen LogP contribution in [0.2, 0.25) is 0 Å². The molecule has 0 amide bonds. The van der Waals surface area contributed by atoms with Gasteiger partial charge in [-0.15, -0.1) is 0 Å². The van der Waals surface area contributed by atoms with Crippen molar-refractivity contribution in [3.05, 3.63) is 58.0 Å². The first-order valence-electron chi connectivity index (χ1n) is 6.29. The van der Waals surface area contributed by atoms with Gasteiger partial charge < -0.3 is 9.15 Å². The van der Waals surface area contributed by atoms with Crippen molar-refractivity contribution < 1.29 is 14.1 Å². The average Bonchev–Trinajstić information content (AvgIpc) is 2.87. The van der Waals surface area contributed by atoms with Crippen LogP contribution in [0.1, 0.15) is 17.4 Å². The standard InChI is InChI=1S/C14H14N2O4/c1-15-8-13-12(5-6-19-13)14(9-15)20-11-4-2-3-10(7-11)16(17)18/h2-7,14H,8-9H2,1H3. The lowest BCUT2D eigenvalue weighted by molar-refractivity contribution is -0.385. The van der Waals surface area contributed by atoms with Crippen LogP contribution in [0.15, 0.2) is 41.0 Å². The molecule has 3 rings (SSSR count). The Balaban J connectivity index is 1.85. The van der Waals surface area contributed by atoms with Gasteiger partial charge in [0, 0.05) is 18.2 Å². The topological polar surface area (TPSA) is 68.8 Å². The van der Waals surface area contributed by atoms with Gasteiger partial charge in [-0.3, -0.25) is 15.0 Å². The van der Waals surface area contributed by atoms with Crippen LogP contribution in [-0.4, -0.2) is 23.4 Å². The highest BCUT2D eigenvalue weighted by atomic mass is 16.6. The minimum atomic E-state index is -0.427. The summed E-state index contributed by atoms with van der Waals surface area (Å²) in [4.78, 5) is 12.4. The Morgan fingerprint density at radius 3 is 3.10 bits per heavy atom. The van der Waals surface area contributed by atoms with E-state index in [2.05, 4.69) is 4.90 Å². The van der Waals surface area contributed by atoms with E-state index in [1.54, 1.807) is 18.4 Å². The number of non-ortho nitro benzene ring substituents is 1. The number of benzene rings is 1. The lowest BCUT2D eigenvalue weighted by Gasteiger charge is -2.29. The Morgan fingerprint density at radius 2 is 2.30 bits per heavy atom. The van der Waals surface area contributed by atoms with E-state index in [1.165, 1.54) is 12.1 Å². The Hall–Kier alpha value is -2.34. The lowest BCUT2D eigenvalue weighted by Crippen LogP contribution is -2.32. The number of rotatable bonds is 3. The molecule has 0 saturated carbocycles. The molecule has 2 aromatic rings. The summed E-state index contributed by atoms with van der Waals surface area (Å²) in [5, 5.41) is 10.8. The van der Waals surface area contributed by atoms with Gasteiger partial charge in [0.15, 0.2) is 0 Å². The van der Waals surface area contributed by atoms with Gasteiger partial charge in [-0.1, -0.05) is 6.07 Å². The molecule has 1 atom stereocenters. The van der Waals surface area contributed by atoms with E-state index in [-0.39, 0.29) is 11.8 Å². The molecular weight excluding hydrogens is 260 g/mol. The number of likely N-dealkylation sites (N-methyl/N-ethyl adjacent to an activating group) is 1. The maximum absolute atomic E-state index is 10.8. The van der Waals surface area contributed by atoms with Gasteiger partial charge in [0.25, 0.3) is 5.69 Å². The first kappa shape index (κ1) is 12.7. The molecule has 0 fully saturated rings. The van der Waals surface area contributed by atoms with Gasteiger partial charge in [-0.05, 0) is 19.2 Å². The molecule has 0 aliphatic carbocycles. The second kappa shape index (κ2) is 4.97. The molecule has 20 heavy (non-hydrogen) atoms. The quantitative estimate of drug-likeness (QED) is 0.636. The van der Waals surface area contributed by atoms with Crippen molar-refractivity contribution in [1.29, 1.82) is 0 Å². The Labute approximate surface area is 115 Å². The van der Waals surface area contributed by atoms with E-state index < -0.39 is 4.92 Å². The molecule has 0 radical (unpaired) electrons. The molecule has 1 unspecified atom stereocenters. The van der Waals surface area contributed by atoms with Gasteiger partial charge in [-0.25, -0.2) is 0 Å². The minimum Gasteiger partial charge on any atom is -0.484 e. The second-order valence-corrected chi connectivity index (χ2v) is 4.86. The molecule has 2 heterocycles. The first-order valence-corrected chi connectivity index (χ1v) is 6.29. The third kappa shape index (κ3) is 2.37. The van der Waals surface area contributed by atoms with E-state index in [9.17, 15) is 10.1 Å². The summed E-state index contributed by atoms with van der Waals surface area (Å²) in [6.07, 6.45) is 1.47. The molecule has 0 bridgehead atoms. The molecule has 1 aliphatic rings. The Bertz CT molecular complexity index is 638. The summed E-state index contributed by atoms with van der Waals surface area (Å²) >= 11 is 0. The van der Waals surface area contributed by atoms with Crippen LogP contribution in [0.3, 0.4) is 0 Å². The zero-order valence-corrected chi connectivity index (χ0v) is 11.0. The highest BCUT2D eigenvalue weighted by Crippen LogP contribution is 2.31. The normalized spacial score (nSPS) is 18.6. The van der Waals surface area contributed by atoms with Crippen molar-refractivity contribution in [1.82, 2.24) is 4.90 Å². The van der Waals surface area contributed by atoms with E-state index in [0.717, 1.165) is 24.4 Å². The van der Waals surface area contributed by atoms with Crippen molar-refractivity contribution in [2.45, 2.75) is 12.6 Å². The van der Waals surface area contributed by atoms with Crippen molar-refractivity contribution in [3.63, 3.8) is 0 Å². The van der Waals surface area contributed by atoms with Crippen LogP contribution >= 0.6 is 0 Å². The first-order chi connectivity index (χ1) is 9.63. The average molecular weight is 274 g/mol. The summed E-state index contributed by atoms with van der Waals surface area (Å²) in [6.45, 7) is 1.46. The molecule has 1 aromatic carbocycles. The van der Waals surface area contributed by atoms with Crippen LogP contribution in [0.25, 0.3) is 0 Å². The monoisotopic (exact) mass is 274 g/mol. The number of furan rings is 1. The zero-order chi connectivity index (χ0) is 14.1. The van der Waals surface area contributed by atoms with Crippen molar-refractivity contribution in [2.24, 2.45) is 0 Å². The molecular formula is C14H14N2O4. The third-order valence-electron chi connectivity index (χ3n) is 3.32. The molecule has 1 aliphatic heterocycles. The van der Waals surface area contributed by atoms with Gasteiger partial charge >= 0.3 is 0 Å². The van der Waals surface area contributed by atoms with Crippen LogP contribution < -0.4 is 4.74 Å². The fraction of sp³-hybridized carbons (Fsp3) is 0.286. The zero-order valence-electron chi connectivity index (χ0n) is 11.0. The number of nitrogens with zero attached hydrogens (tertiary/aromatic N) is 2. The summed E-state index contributed by atoms with van der Waals surface area (Å²) in [7, 11) is 1.98. The second-order valence-electron chi connectivity index (χ2n) is 4.86. The smallest absolute Gasteiger partial charge is 0.273 e. The van der Waals surface area contributed by atoms with Gasteiger partial charge in [0.1, 0.15) is 17.6 Å². The molecule has 6 heteroatoms. The molecule has 0 saturated heterocycles. The molecule has 104 valence electrons. The van der Waals surface area contributed by atoms with Crippen molar-refractivity contribution >= 4 is 5.69 Å². The van der Waals surface area contributed by atoms with E-state index in [4.69, 9.17) is 9.15 Å². The Morgan fingerprint density at radius 1 is 1.45 bits per heavy atom. The van der Waals surface area contributed by atoms with Gasteiger partial charge in [0.2, 0.25) is 0 Å². The minimum absolute atomic E-state index is 0.0269. The van der Waals surface area contributed by atoms with E-state index in [0.29, 0.717) is 5.75 Å².